The first-order valence-corrected chi connectivity index (χ1v) is 10.8. The van der Waals surface area contributed by atoms with E-state index in [4.69, 9.17) is 8.92 Å². The maximum Gasteiger partial charge on any atom is 0.512 e. The molecule has 1 N–H and O–H groups in total. The fourth-order valence-corrected chi connectivity index (χ4v) is 7.17. The molecule has 4 aliphatic rings. The van der Waals surface area contributed by atoms with Crippen LogP contribution in [0.3, 0.4) is 0 Å². The fourth-order valence-electron chi connectivity index (χ4n) is 4.95. The van der Waals surface area contributed by atoms with Crippen LogP contribution in [-0.4, -0.2) is 41.5 Å². The van der Waals surface area contributed by atoms with E-state index in [0.717, 1.165) is 0 Å². The van der Waals surface area contributed by atoms with Gasteiger partial charge in [0.05, 0.1) is 18.6 Å². The molecule has 4 aliphatic carbocycles. The molecule has 150 valence electrons. The van der Waals surface area contributed by atoms with Crippen molar-refractivity contribution in [1.82, 2.24) is 4.13 Å². The Morgan fingerprint density at radius 2 is 1.62 bits per heavy atom. The van der Waals surface area contributed by atoms with Gasteiger partial charge in [0, 0.05) is 0 Å². The maximum absolute atomic E-state index is 12.4. The molecule has 0 radical (unpaired) electrons. The molecule has 4 fully saturated rings. The number of nitrogens with one attached hydrogen (secondary N) is 1. The van der Waals surface area contributed by atoms with Crippen LogP contribution in [0.1, 0.15) is 32.1 Å². The maximum atomic E-state index is 12.4. The van der Waals surface area contributed by atoms with Gasteiger partial charge in [-0.25, -0.2) is 8.42 Å². The first-order valence-electron chi connectivity index (χ1n) is 7.90. The number of hydrogen-bond donors (Lipinski definition) is 1. The number of alkyl halides is 3. The molecule has 2 unspecified atom stereocenters. The quantitative estimate of drug-likeness (QED) is 0.660. The first kappa shape index (κ1) is 19.8. The molecule has 0 spiro atoms. The molecule has 13 heteroatoms. The summed E-state index contributed by atoms with van der Waals surface area (Å²) in [5, 5.41) is 0. The Kier molecular flexibility index (Phi) is 4.61. The minimum Gasteiger partial charge on any atom is -0.469 e. The van der Waals surface area contributed by atoms with Gasteiger partial charge in [-0.15, -0.1) is 0 Å². The Labute approximate surface area is 148 Å². The van der Waals surface area contributed by atoms with Crippen LogP contribution in [-0.2, 0) is 34.0 Å². The molecule has 0 aliphatic heterocycles. The lowest BCUT2D eigenvalue weighted by Crippen LogP contribution is -2.58. The van der Waals surface area contributed by atoms with Crippen LogP contribution in [0, 0.1) is 23.2 Å². The second-order valence-electron chi connectivity index (χ2n) is 7.29. The number of carbonyl (C=O) groups is 1. The van der Waals surface area contributed by atoms with E-state index in [2.05, 4.69) is 0 Å². The van der Waals surface area contributed by atoms with Gasteiger partial charge in [0.25, 0.3) is 0 Å². The van der Waals surface area contributed by atoms with E-state index in [1.807, 2.05) is 0 Å². The number of esters is 1. The van der Waals surface area contributed by atoms with Gasteiger partial charge in [0.2, 0.25) is 0 Å². The lowest BCUT2D eigenvalue weighted by atomic mass is 9.48. The predicted octanol–water partition coefficient (Wildman–Crippen LogP) is 1.05. The first-order chi connectivity index (χ1) is 11.8. The highest BCUT2D eigenvalue weighted by atomic mass is 32.3. The SMILES string of the molecule is COC(=O)C12CC3CC(C1)C(OS(=O)(=O)NS(=O)(=O)C(F)(F)F)C(C3)C2. The number of hydrogen-bond acceptors (Lipinski definition) is 7. The van der Waals surface area contributed by atoms with Gasteiger partial charge >= 0.3 is 31.8 Å². The number of methoxy groups -OCH3 is 1. The summed E-state index contributed by atoms with van der Waals surface area (Å²) in [5.74, 6) is -0.937. The average molecular weight is 421 g/mol. The van der Waals surface area contributed by atoms with Crippen LogP contribution >= 0.6 is 0 Å². The summed E-state index contributed by atoms with van der Waals surface area (Å²) in [4.78, 5) is 12.2. The van der Waals surface area contributed by atoms with E-state index in [0.29, 0.717) is 36.2 Å². The van der Waals surface area contributed by atoms with E-state index >= 15 is 0 Å². The molecule has 4 saturated carbocycles. The van der Waals surface area contributed by atoms with Gasteiger partial charge in [-0.2, -0.15) is 21.6 Å². The van der Waals surface area contributed by atoms with E-state index < -0.39 is 37.4 Å². The second-order valence-corrected chi connectivity index (χ2v) is 10.5. The van der Waals surface area contributed by atoms with Crippen molar-refractivity contribution < 1.29 is 43.7 Å². The minimum absolute atomic E-state index is 0.182. The van der Waals surface area contributed by atoms with Gasteiger partial charge in [0.15, 0.2) is 0 Å². The van der Waals surface area contributed by atoms with Crippen molar-refractivity contribution in [2.24, 2.45) is 23.2 Å². The van der Waals surface area contributed by atoms with Crippen LogP contribution in [0.5, 0.6) is 0 Å². The minimum atomic E-state index is -6.10. The molecule has 0 heterocycles. The van der Waals surface area contributed by atoms with Crippen LogP contribution in [0.2, 0.25) is 0 Å². The average Bonchev–Trinajstić information content (AvgIpc) is 2.47. The molecule has 2 atom stereocenters. The number of ether oxygens (including phenoxy) is 1. The molecular formula is C13H18F3NO7S2. The van der Waals surface area contributed by atoms with Crippen molar-refractivity contribution in [3.05, 3.63) is 0 Å². The summed E-state index contributed by atoms with van der Waals surface area (Å²) in [6, 6.07) is 0. The number of halogens is 3. The Hall–Kier alpha value is -0.920. The van der Waals surface area contributed by atoms with Gasteiger partial charge in [-0.1, -0.05) is 4.13 Å². The summed E-state index contributed by atoms with van der Waals surface area (Å²) >= 11 is 0. The Morgan fingerprint density at radius 3 is 2.08 bits per heavy atom. The lowest BCUT2D eigenvalue weighted by Gasteiger charge is -2.57. The predicted molar refractivity (Wildman–Crippen MR) is 79.9 cm³/mol. The lowest BCUT2D eigenvalue weighted by molar-refractivity contribution is -0.178. The molecule has 4 bridgehead atoms. The number of sulfonamides is 1. The summed E-state index contributed by atoms with van der Waals surface area (Å²) < 4.78 is 93.2. The molecule has 0 saturated heterocycles. The summed E-state index contributed by atoms with van der Waals surface area (Å²) in [6.07, 6.45) is 1.42. The van der Waals surface area contributed by atoms with Crippen LogP contribution < -0.4 is 4.13 Å². The van der Waals surface area contributed by atoms with E-state index in [1.54, 1.807) is 0 Å². The van der Waals surface area contributed by atoms with Crippen LogP contribution in [0.25, 0.3) is 0 Å². The van der Waals surface area contributed by atoms with E-state index in [-0.39, 0.29) is 23.7 Å². The smallest absolute Gasteiger partial charge is 0.469 e. The summed E-state index contributed by atoms with van der Waals surface area (Å²) in [6.45, 7) is 0. The zero-order chi connectivity index (χ0) is 19.5. The van der Waals surface area contributed by atoms with Crippen molar-refractivity contribution in [3.8, 4) is 0 Å². The van der Waals surface area contributed by atoms with E-state index in [1.165, 1.54) is 7.11 Å². The molecule has 26 heavy (non-hydrogen) atoms. The van der Waals surface area contributed by atoms with Crippen molar-refractivity contribution in [2.45, 2.75) is 43.7 Å². The highest BCUT2D eigenvalue weighted by molar-refractivity contribution is 8.03. The third kappa shape index (κ3) is 3.34. The standard InChI is InChI=1S/C13H18F3NO7S2/c1-23-11(18)12-4-7-2-8(5-12)10(9(3-7)6-12)24-26(21,22)17-25(19,20)13(14,15)16/h7-10,17H,2-6H2,1H3. The number of rotatable bonds is 5. The van der Waals surface area contributed by atoms with Gasteiger partial charge < -0.3 is 4.74 Å². The Morgan fingerprint density at radius 1 is 1.08 bits per heavy atom. The summed E-state index contributed by atoms with van der Waals surface area (Å²) in [7, 11) is -10.0. The zero-order valence-electron chi connectivity index (χ0n) is 13.7. The van der Waals surface area contributed by atoms with Crippen LogP contribution in [0.15, 0.2) is 0 Å². The van der Waals surface area contributed by atoms with Crippen molar-refractivity contribution in [1.29, 1.82) is 0 Å². The second kappa shape index (κ2) is 6.04. The zero-order valence-corrected chi connectivity index (χ0v) is 15.3. The van der Waals surface area contributed by atoms with Gasteiger partial charge in [-0.05, 0) is 49.9 Å². The van der Waals surface area contributed by atoms with E-state index in [9.17, 15) is 34.8 Å². The molecule has 4 rings (SSSR count). The third-order valence-electron chi connectivity index (χ3n) is 5.56. The monoisotopic (exact) mass is 421 g/mol. The Bertz CT molecular complexity index is 792. The van der Waals surface area contributed by atoms with Crippen molar-refractivity contribution >= 4 is 26.3 Å². The van der Waals surface area contributed by atoms with Gasteiger partial charge in [0.1, 0.15) is 0 Å². The van der Waals surface area contributed by atoms with Crippen LogP contribution in [0.4, 0.5) is 13.2 Å². The highest BCUT2D eigenvalue weighted by Gasteiger charge is 2.60. The molecule has 8 nitrogen and oxygen atoms in total. The Balaban J connectivity index is 1.78. The van der Waals surface area contributed by atoms with Crippen molar-refractivity contribution in [3.63, 3.8) is 0 Å². The van der Waals surface area contributed by atoms with Crippen molar-refractivity contribution in [2.75, 3.05) is 7.11 Å². The topological polar surface area (TPSA) is 116 Å². The molecular weight excluding hydrogens is 403 g/mol. The third-order valence-corrected chi connectivity index (χ3v) is 8.34. The molecule has 0 aromatic heterocycles. The highest BCUT2D eigenvalue weighted by Crippen LogP contribution is 2.61. The normalized spacial score (nSPS) is 36.9. The van der Waals surface area contributed by atoms with Gasteiger partial charge in [-0.3, -0.25) is 8.98 Å². The molecule has 0 aromatic rings. The summed E-state index contributed by atoms with van der Waals surface area (Å²) in [5.41, 5.74) is -6.50. The molecule has 0 amide bonds. The number of carbonyl (C=O) groups excluding carboxylic acids is 1. The fraction of sp³-hybridized carbons (Fsp3) is 0.923. The molecule has 0 aromatic carbocycles. The largest absolute Gasteiger partial charge is 0.512 e.